The monoisotopic (exact) mass is 306 g/mol. The number of ether oxygens (including phenoxy) is 1. The number of hydrogen-bond acceptors (Lipinski definition) is 2. The van der Waals surface area contributed by atoms with E-state index >= 15 is 0 Å². The summed E-state index contributed by atoms with van der Waals surface area (Å²) < 4.78 is 5.65. The van der Waals surface area contributed by atoms with Gasteiger partial charge in [0.05, 0.1) is 10.0 Å². The summed E-state index contributed by atoms with van der Waals surface area (Å²) in [6.07, 6.45) is 0. The molecule has 0 radical (unpaired) electrons. The van der Waals surface area contributed by atoms with Gasteiger partial charge < -0.3 is 9.84 Å². The van der Waals surface area contributed by atoms with Gasteiger partial charge in [0.1, 0.15) is 19.0 Å². The van der Waals surface area contributed by atoms with Crippen LogP contribution in [0.1, 0.15) is 11.1 Å². The van der Waals surface area contributed by atoms with Crippen LogP contribution in [-0.2, 0) is 6.61 Å². The molecule has 0 aliphatic heterocycles. The lowest BCUT2D eigenvalue weighted by Gasteiger charge is -2.07. The van der Waals surface area contributed by atoms with Crippen LogP contribution in [0.3, 0.4) is 0 Å². The first-order valence-corrected chi connectivity index (χ1v) is 6.71. The Balaban J connectivity index is 2.05. The van der Waals surface area contributed by atoms with Crippen LogP contribution >= 0.6 is 23.2 Å². The van der Waals surface area contributed by atoms with Crippen LogP contribution in [0.25, 0.3) is 0 Å². The van der Waals surface area contributed by atoms with Gasteiger partial charge in [-0.2, -0.15) is 0 Å². The van der Waals surface area contributed by atoms with E-state index in [1.54, 1.807) is 18.2 Å². The molecule has 2 nitrogen and oxygen atoms in total. The topological polar surface area (TPSA) is 29.5 Å². The Kier molecular flexibility index (Phi) is 5.31. The van der Waals surface area contributed by atoms with E-state index in [2.05, 4.69) is 11.8 Å². The van der Waals surface area contributed by atoms with Gasteiger partial charge in [-0.05, 0) is 29.8 Å². The fraction of sp³-hybridized carbons (Fsp3) is 0.125. The van der Waals surface area contributed by atoms with Crippen LogP contribution in [0.15, 0.2) is 42.5 Å². The van der Waals surface area contributed by atoms with Gasteiger partial charge >= 0.3 is 0 Å². The maximum absolute atomic E-state index is 8.68. The molecule has 0 unspecified atom stereocenters. The molecule has 1 N–H and O–H groups in total. The number of halogens is 2. The molecule has 0 aliphatic carbocycles. The SMILES string of the molecule is OCC#Cc1cccc(COc2ccc(Cl)c(Cl)c2)c1. The van der Waals surface area contributed by atoms with Crippen molar-refractivity contribution in [3.8, 4) is 17.6 Å². The minimum absolute atomic E-state index is 0.149. The summed E-state index contributed by atoms with van der Waals surface area (Å²) in [6.45, 7) is 0.261. The maximum Gasteiger partial charge on any atom is 0.121 e. The van der Waals surface area contributed by atoms with Crippen molar-refractivity contribution in [2.45, 2.75) is 6.61 Å². The third-order valence-electron chi connectivity index (χ3n) is 2.54. The van der Waals surface area contributed by atoms with Crippen LogP contribution in [-0.4, -0.2) is 11.7 Å². The fourth-order valence-electron chi connectivity index (χ4n) is 1.61. The van der Waals surface area contributed by atoms with E-state index in [-0.39, 0.29) is 6.61 Å². The largest absolute Gasteiger partial charge is 0.489 e. The summed E-state index contributed by atoms with van der Waals surface area (Å²) >= 11 is 11.8. The molecule has 0 bridgehead atoms. The highest BCUT2D eigenvalue weighted by Crippen LogP contribution is 2.26. The van der Waals surface area contributed by atoms with Gasteiger partial charge in [-0.1, -0.05) is 47.2 Å². The molecule has 0 fully saturated rings. The molecular weight excluding hydrogens is 295 g/mol. The highest BCUT2D eigenvalue weighted by atomic mass is 35.5. The van der Waals surface area contributed by atoms with Crippen molar-refractivity contribution in [2.75, 3.05) is 6.61 Å². The van der Waals surface area contributed by atoms with E-state index < -0.39 is 0 Å². The average Bonchev–Trinajstić information content (AvgIpc) is 2.47. The van der Waals surface area contributed by atoms with E-state index in [4.69, 9.17) is 33.0 Å². The highest BCUT2D eigenvalue weighted by molar-refractivity contribution is 6.42. The molecule has 0 atom stereocenters. The second kappa shape index (κ2) is 7.21. The summed E-state index contributed by atoms with van der Waals surface area (Å²) in [6, 6.07) is 12.8. The molecule has 4 heteroatoms. The Morgan fingerprint density at radius 3 is 2.65 bits per heavy atom. The van der Waals surface area contributed by atoms with Gasteiger partial charge in [0.15, 0.2) is 0 Å². The maximum atomic E-state index is 8.68. The Hall–Kier alpha value is -1.66. The summed E-state index contributed by atoms with van der Waals surface area (Å²) in [5.74, 6) is 6.13. The molecule has 20 heavy (non-hydrogen) atoms. The first-order valence-electron chi connectivity index (χ1n) is 5.95. The first-order chi connectivity index (χ1) is 9.69. The lowest BCUT2D eigenvalue weighted by atomic mass is 10.1. The van der Waals surface area contributed by atoms with Crippen LogP contribution < -0.4 is 4.74 Å². The predicted octanol–water partition coefficient (Wildman–Crippen LogP) is 3.92. The molecule has 0 aromatic heterocycles. The molecule has 2 aromatic rings. The second-order valence-electron chi connectivity index (χ2n) is 4.02. The Morgan fingerprint density at radius 1 is 1.05 bits per heavy atom. The number of aliphatic hydroxyl groups excluding tert-OH is 1. The van der Waals surface area contributed by atoms with Crippen molar-refractivity contribution in [3.05, 3.63) is 63.6 Å². The molecule has 0 saturated heterocycles. The molecule has 2 rings (SSSR count). The highest BCUT2D eigenvalue weighted by Gasteiger charge is 2.01. The zero-order valence-electron chi connectivity index (χ0n) is 10.6. The van der Waals surface area contributed by atoms with Gasteiger partial charge in [0.2, 0.25) is 0 Å². The Bertz CT molecular complexity index is 657. The standard InChI is InChI=1S/C16H12Cl2O2/c17-15-7-6-14(10-16(15)18)20-11-13-4-1-3-12(9-13)5-2-8-19/h1,3-4,6-7,9-10,19H,8,11H2. The van der Waals surface area contributed by atoms with Crippen LogP contribution in [0.5, 0.6) is 5.75 Å². The molecule has 0 aliphatic rings. The Labute approximate surface area is 127 Å². The van der Waals surface area contributed by atoms with Gasteiger partial charge in [0.25, 0.3) is 0 Å². The molecule has 0 heterocycles. The fourth-order valence-corrected chi connectivity index (χ4v) is 1.90. The van der Waals surface area contributed by atoms with Crippen molar-refractivity contribution in [1.29, 1.82) is 0 Å². The number of aliphatic hydroxyl groups is 1. The summed E-state index contributed by atoms with van der Waals surface area (Å²) in [5, 5.41) is 9.64. The minimum Gasteiger partial charge on any atom is -0.489 e. The van der Waals surface area contributed by atoms with Crippen molar-refractivity contribution in [3.63, 3.8) is 0 Å². The van der Waals surface area contributed by atoms with Crippen molar-refractivity contribution < 1.29 is 9.84 Å². The number of rotatable bonds is 3. The summed E-state index contributed by atoms with van der Waals surface area (Å²) in [7, 11) is 0. The molecular formula is C16H12Cl2O2. The lowest BCUT2D eigenvalue weighted by Crippen LogP contribution is -1.95. The first kappa shape index (κ1) is 14.7. The summed E-state index contributed by atoms with van der Waals surface area (Å²) in [4.78, 5) is 0. The van der Waals surface area contributed by atoms with E-state index in [9.17, 15) is 0 Å². The normalized spacial score (nSPS) is 9.75. The quantitative estimate of drug-likeness (QED) is 0.871. The van der Waals surface area contributed by atoms with Gasteiger partial charge in [-0.25, -0.2) is 0 Å². The molecule has 0 amide bonds. The van der Waals surface area contributed by atoms with Crippen molar-refractivity contribution in [1.82, 2.24) is 0 Å². The molecule has 0 saturated carbocycles. The van der Waals surface area contributed by atoms with Gasteiger partial charge in [0, 0.05) is 11.6 Å². The third kappa shape index (κ3) is 4.18. The predicted molar refractivity (Wildman–Crippen MR) is 81.2 cm³/mol. The zero-order chi connectivity index (χ0) is 14.4. The number of benzene rings is 2. The van der Waals surface area contributed by atoms with Crippen LogP contribution in [0, 0.1) is 11.8 Å². The van der Waals surface area contributed by atoms with Crippen molar-refractivity contribution >= 4 is 23.2 Å². The second-order valence-corrected chi connectivity index (χ2v) is 4.84. The molecule has 0 spiro atoms. The zero-order valence-corrected chi connectivity index (χ0v) is 12.1. The Morgan fingerprint density at radius 2 is 1.90 bits per heavy atom. The molecule has 2 aromatic carbocycles. The average molecular weight is 307 g/mol. The van der Waals surface area contributed by atoms with E-state index in [0.717, 1.165) is 11.1 Å². The van der Waals surface area contributed by atoms with Crippen LogP contribution in [0.4, 0.5) is 0 Å². The number of hydrogen-bond donors (Lipinski definition) is 1. The van der Waals surface area contributed by atoms with E-state index in [0.29, 0.717) is 22.4 Å². The third-order valence-corrected chi connectivity index (χ3v) is 3.27. The van der Waals surface area contributed by atoms with Gasteiger partial charge in [-0.3, -0.25) is 0 Å². The minimum atomic E-state index is -0.149. The lowest BCUT2D eigenvalue weighted by molar-refractivity contribution is 0.306. The van der Waals surface area contributed by atoms with Gasteiger partial charge in [-0.15, -0.1) is 0 Å². The summed E-state index contributed by atoms with van der Waals surface area (Å²) in [5.41, 5.74) is 1.83. The van der Waals surface area contributed by atoms with E-state index in [1.807, 2.05) is 24.3 Å². The smallest absolute Gasteiger partial charge is 0.121 e. The molecule has 102 valence electrons. The van der Waals surface area contributed by atoms with Crippen molar-refractivity contribution in [2.24, 2.45) is 0 Å². The van der Waals surface area contributed by atoms with E-state index in [1.165, 1.54) is 0 Å². The van der Waals surface area contributed by atoms with Crippen LogP contribution in [0.2, 0.25) is 10.0 Å².